The molecule has 4 nitrogen and oxygen atoms in total. The van der Waals surface area contributed by atoms with Crippen LogP contribution in [0, 0.1) is 0 Å². The van der Waals surface area contributed by atoms with Crippen LogP contribution < -0.4 is 0 Å². The summed E-state index contributed by atoms with van der Waals surface area (Å²) in [4.78, 5) is 0. The van der Waals surface area contributed by atoms with Crippen LogP contribution >= 0.6 is 0 Å². The second-order valence-corrected chi connectivity index (χ2v) is 4.66. The van der Waals surface area contributed by atoms with Crippen molar-refractivity contribution in [2.24, 2.45) is 0 Å². The fourth-order valence-electron chi connectivity index (χ4n) is 1.33. The summed E-state index contributed by atoms with van der Waals surface area (Å²) < 4.78 is 37.0. The number of hydrogen-bond acceptors (Lipinski definition) is 4. The van der Waals surface area contributed by atoms with E-state index in [2.05, 4.69) is 0 Å². The van der Waals surface area contributed by atoms with Gasteiger partial charge in [-0.15, -0.1) is 0 Å². The zero-order valence-electron chi connectivity index (χ0n) is 6.86. The van der Waals surface area contributed by atoms with E-state index in [-0.39, 0.29) is 0 Å². The molecule has 1 aliphatic rings. The minimum absolute atomic E-state index is 0.353. The van der Waals surface area contributed by atoms with Gasteiger partial charge >= 0.3 is 0 Å². The molecule has 72 valence electrons. The lowest BCUT2D eigenvalue weighted by atomic mass is 10.1. The van der Waals surface area contributed by atoms with Gasteiger partial charge in [0.05, 0.1) is 15.4 Å². The van der Waals surface area contributed by atoms with Crippen molar-refractivity contribution in [1.29, 1.82) is 0 Å². The van der Waals surface area contributed by atoms with Crippen molar-refractivity contribution in [3.8, 4) is 0 Å². The fourth-order valence-corrected chi connectivity index (χ4v) is 2.17. The first-order valence-corrected chi connectivity index (χ1v) is 5.60. The molecule has 1 aliphatic heterocycles. The summed E-state index contributed by atoms with van der Waals surface area (Å²) in [6, 6.07) is 0. The maximum absolute atomic E-state index is 10.6. The van der Waals surface area contributed by atoms with Crippen molar-refractivity contribution < 1.29 is 17.7 Å². The van der Waals surface area contributed by atoms with Crippen LogP contribution in [0.15, 0.2) is 0 Å². The predicted octanol–water partition coefficient (Wildman–Crippen LogP) is 0.491. The fraction of sp³-hybridized carbons (Fsp3) is 1.00. The Labute approximate surface area is 72.7 Å². The van der Waals surface area contributed by atoms with Crippen LogP contribution in [0.5, 0.6) is 0 Å². The van der Waals surface area contributed by atoms with Crippen molar-refractivity contribution >= 4 is 10.1 Å². The lowest BCUT2D eigenvalue weighted by Gasteiger charge is -2.22. The molecule has 1 rings (SSSR count). The molecule has 0 aromatic carbocycles. The second kappa shape index (κ2) is 4.20. The summed E-state index contributed by atoms with van der Waals surface area (Å²) in [5, 5.41) is -0.724. The Morgan fingerprint density at radius 1 is 1.17 bits per heavy atom. The minimum Gasteiger partial charge on any atom is -0.748 e. The van der Waals surface area contributed by atoms with Gasteiger partial charge in [0.15, 0.2) is 0 Å². The molecule has 0 bridgehead atoms. The van der Waals surface area contributed by atoms with Crippen molar-refractivity contribution in [3.05, 3.63) is 0 Å². The van der Waals surface area contributed by atoms with Gasteiger partial charge in [0.25, 0.3) is 0 Å². The molecule has 5 heteroatoms. The molecule has 0 aromatic rings. The summed E-state index contributed by atoms with van der Waals surface area (Å²) in [6.07, 6.45) is 2.47. The molecule has 1 saturated heterocycles. The standard InChI is InChI=1S/C7H14O4S/c8-12(9,10)7-3-1-2-5-11-6-4-7/h7H,1-6H2,(H,8,9,10)/p-1. The quantitative estimate of drug-likeness (QED) is 0.568. The molecule has 0 radical (unpaired) electrons. The number of ether oxygens (including phenoxy) is 1. The first-order valence-electron chi connectivity index (χ1n) is 4.13. The molecule has 1 unspecified atom stereocenters. The third-order valence-electron chi connectivity index (χ3n) is 2.06. The van der Waals surface area contributed by atoms with Crippen LogP contribution in [0.1, 0.15) is 25.7 Å². The van der Waals surface area contributed by atoms with Crippen molar-refractivity contribution in [2.75, 3.05) is 13.2 Å². The van der Waals surface area contributed by atoms with Crippen molar-refractivity contribution in [3.63, 3.8) is 0 Å². The van der Waals surface area contributed by atoms with Gasteiger partial charge in [0.2, 0.25) is 0 Å². The van der Waals surface area contributed by atoms with E-state index in [0.29, 0.717) is 26.1 Å². The van der Waals surface area contributed by atoms with Crippen LogP contribution in [0.2, 0.25) is 0 Å². The highest BCUT2D eigenvalue weighted by atomic mass is 32.2. The Bertz CT molecular complexity index is 214. The van der Waals surface area contributed by atoms with Crippen molar-refractivity contribution in [2.45, 2.75) is 30.9 Å². The zero-order valence-corrected chi connectivity index (χ0v) is 7.68. The van der Waals surface area contributed by atoms with Crippen LogP contribution in [-0.4, -0.2) is 31.4 Å². The molecule has 0 aromatic heterocycles. The van der Waals surface area contributed by atoms with E-state index in [9.17, 15) is 13.0 Å². The number of hydrogen-bond donors (Lipinski definition) is 0. The highest BCUT2D eigenvalue weighted by molar-refractivity contribution is 7.86. The molecule has 0 aliphatic carbocycles. The summed E-state index contributed by atoms with van der Waals surface area (Å²) >= 11 is 0. The van der Waals surface area contributed by atoms with Gasteiger partial charge in [0, 0.05) is 13.2 Å². The third kappa shape index (κ3) is 3.08. The molecule has 0 saturated carbocycles. The van der Waals surface area contributed by atoms with Crippen LogP contribution in [-0.2, 0) is 14.9 Å². The first-order chi connectivity index (χ1) is 5.61. The minimum atomic E-state index is -4.10. The maximum Gasteiger partial charge on any atom is 0.0976 e. The van der Waals surface area contributed by atoms with Gasteiger partial charge < -0.3 is 9.29 Å². The molecule has 0 N–H and O–H groups in total. The summed E-state index contributed by atoms with van der Waals surface area (Å²) in [7, 11) is -4.10. The summed E-state index contributed by atoms with van der Waals surface area (Å²) in [6.45, 7) is 1.08. The normalized spacial score (nSPS) is 27.6. The smallest absolute Gasteiger partial charge is 0.0976 e. The van der Waals surface area contributed by atoms with E-state index in [1.54, 1.807) is 0 Å². The zero-order chi connectivity index (χ0) is 9.03. The van der Waals surface area contributed by atoms with Gasteiger partial charge in [-0.05, 0) is 25.7 Å². The first kappa shape index (κ1) is 9.95. The van der Waals surface area contributed by atoms with Crippen LogP contribution in [0.25, 0.3) is 0 Å². The monoisotopic (exact) mass is 193 g/mol. The van der Waals surface area contributed by atoms with E-state index in [0.717, 1.165) is 12.8 Å². The second-order valence-electron chi connectivity index (χ2n) is 3.01. The SMILES string of the molecule is O=S(=O)([O-])C1CCCCOCC1. The Morgan fingerprint density at radius 2 is 1.92 bits per heavy atom. The highest BCUT2D eigenvalue weighted by Gasteiger charge is 2.17. The van der Waals surface area contributed by atoms with E-state index in [1.165, 1.54) is 0 Å². The maximum atomic E-state index is 10.6. The molecule has 1 atom stereocenters. The predicted molar refractivity (Wildman–Crippen MR) is 42.8 cm³/mol. The van der Waals surface area contributed by atoms with E-state index >= 15 is 0 Å². The Balaban J connectivity index is 2.51. The van der Waals surface area contributed by atoms with Gasteiger partial charge in [0.1, 0.15) is 0 Å². The lowest BCUT2D eigenvalue weighted by Crippen LogP contribution is -2.24. The van der Waals surface area contributed by atoms with E-state index in [4.69, 9.17) is 4.74 Å². The molecular formula is C7H13O4S-. The van der Waals surface area contributed by atoms with Gasteiger partial charge in [-0.1, -0.05) is 0 Å². The average molecular weight is 193 g/mol. The number of rotatable bonds is 1. The van der Waals surface area contributed by atoms with Crippen molar-refractivity contribution in [1.82, 2.24) is 0 Å². The van der Waals surface area contributed by atoms with Gasteiger partial charge in [-0.2, -0.15) is 0 Å². The van der Waals surface area contributed by atoms with Gasteiger partial charge in [-0.25, -0.2) is 8.42 Å². The third-order valence-corrected chi connectivity index (χ3v) is 3.35. The molecule has 1 fully saturated rings. The Morgan fingerprint density at radius 3 is 2.58 bits per heavy atom. The Hall–Kier alpha value is -0.130. The molecule has 12 heavy (non-hydrogen) atoms. The summed E-state index contributed by atoms with van der Waals surface area (Å²) in [5.41, 5.74) is 0. The average Bonchev–Trinajstić information content (AvgIpc) is 1.81. The molecule has 1 heterocycles. The molecular weight excluding hydrogens is 180 g/mol. The largest absolute Gasteiger partial charge is 0.748 e. The van der Waals surface area contributed by atoms with Crippen LogP contribution in [0.4, 0.5) is 0 Å². The lowest BCUT2D eigenvalue weighted by molar-refractivity contribution is 0.116. The van der Waals surface area contributed by atoms with E-state index < -0.39 is 15.4 Å². The van der Waals surface area contributed by atoms with Crippen LogP contribution in [0.3, 0.4) is 0 Å². The van der Waals surface area contributed by atoms with Gasteiger partial charge in [-0.3, -0.25) is 0 Å². The van der Waals surface area contributed by atoms with E-state index in [1.807, 2.05) is 0 Å². The highest BCUT2D eigenvalue weighted by Crippen LogP contribution is 2.15. The molecule has 0 spiro atoms. The molecule has 0 amide bonds. The topological polar surface area (TPSA) is 66.4 Å². The Kier molecular flexibility index (Phi) is 3.49. The summed E-state index contributed by atoms with van der Waals surface area (Å²) in [5.74, 6) is 0.